The van der Waals surface area contributed by atoms with Gasteiger partial charge in [-0.05, 0) is 24.1 Å². The van der Waals surface area contributed by atoms with Crippen LogP contribution in [0.1, 0.15) is 18.9 Å². The van der Waals surface area contributed by atoms with Gasteiger partial charge in [0.15, 0.2) is 0 Å². The lowest BCUT2D eigenvalue weighted by Crippen LogP contribution is -2.15. The SMILES string of the molecule is CCCc1ccc(NC(=O)CO)cc1. The minimum absolute atomic E-state index is 0.381. The highest BCUT2D eigenvalue weighted by Gasteiger charge is 1.98. The number of aryl methyl sites for hydroxylation is 1. The zero-order valence-corrected chi connectivity index (χ0v) is 8.29. The van der Waals surface area contributed by atoms with Crippen molar-refractivity contribution >= 4 is 11.6 Å². The first kappa shape index (κ1) is 10.7. The van der Waals surface area contributed by atoms with Crippen LogP contribution in [0.15, 0.2) is 24.3 Å². The summed E-state index contributed by atoms with van der Waals surface area (Å²) in [5, 5.41) is 11.1. The molecule has 0 aliphatic heterocycles. The van der Waals surface area contributed by atoms with Crippen LogP contribution >= 0.6 is 0 Å². The lowest BCUT2D eigenvalue weighted by molar-refractivity contribution is -0.118. The maximum Gasteiger partial charge on any atom is 0.250 e. The first-order valence-electron chi connectivity index (χ1n) is 4.76. The average molecular weight is 193 g/mol. The molecule has 0 spiro atoms. The third-order valence-corrected chi connectivity index (χ3v) is 1.92. The van der Waals surface area contributed by atoms with E-state index in [4.69, 9.17) is 5.11 Å². The Labute approximate surface area is 83.8 Å². The fourth-order valence-corrected chi connectivity index (χ4v) is 1.24. The van der Waals surface area contributed by atoms with E-state index in [0.29, 0.717) is 0 Å². The summed E-state index contributed by atoms with van der Waals surface area (Å²) >= 11 is 0. The summed E-state index contributed by atoms with van der Waals surface area (Å²) in [4.78, 5) is 10.8. The van der Waals surface area contributed by atoms with Gasteiger partial charge in [-0.1, -0.05) is 25.5 Å². The fraction of sp³-hybridized carbons (Fsp3) is 0.364. The highest BCUT2D eigenvalue weighted by Crippen LogP contribution is 2.10. The fourth-order valence-electron chi connectivity index (χ4n) is 1.24. The van der Waals surface area contributed by atoms with E-state index >= 15 is 0 Å². The highest BCUT2D eigenvalue weighted by molar-refractivity contribution is 5.91. The number of rotatable bonds is 4. The van der Waals surface area contributed by atoms with Crippen LogP contribution in [0, 0.1) is 0 Å². The average Bonchev–Trinajstić information content (AvgIpc) is 2.21. The molecule has 0 atom stereocenters. The molecule has 0 fully saturated rings. The third-order valence-electron chi connectivity index (χ3n) is 1.92. The Balaban J connectivity index is 2.59. The number of hydrogen-bond acceptors (Lipinski definition) is 2. The molecule has 0 saturated carbocycles. The van der Waals surface area contributed by atoms with E-state index in [-0.39, 0.29) is 5.91 Å². The van der Waals surface area contributed by atoms with Crippen molar-refractivity contribution in [3.63, 3.8) is 0 Å². The largest absolute Gasteiger partial charge is 0.387 e. The Morgan fingerprint density at radius 2 is 2.00 bits per heavy atom. The second-order valence-corrected chi connectivity index (χ2v) is 3.15. The van der Waals surface area contributed by atoms with Crippen LogP contribution in [-0.2, 0) is 11.2 Å². The number of hydrogen-bond donors (Lipinski definition) is 2. The van der Waals surface area contributed by atoms with Crippen LogP contribution in [0.2, 0.25) is 0 Å². The van der Waals surface area contributed by atoms with Crippen LogP contribution in [0.25, 0.3) is 0 Å². The van der Waals surface area contributed by atoms with Crippen LogP contribution < -0.4 is 5.32 Å². The molecule has 0 aromatic heterocycles. The third kappa shape index (κ3) is 3.18. The number of carbonyl (C=O) groups excluding carboxylic acids is 1. The molecule has 0 bridgehead atoms. The molecule has 14 heavy (non-hydrogen) atoms. The molecular weight excluding hydrogens is 178 g/mol. The van der Waals surface area contributed by atoms with Crippen molar-refractivity contribution in [2.24, 2.45) is 0 Å². The smallest absolute Gasteiger partial charge is 0.250 e. The van der Waals surface area contributed by atoms with E-state index in [1.807, 2.05) is 24.3 Å². The molecule has 2 N–H and O–H groups in total. The molecule has 0 aliphatic carbocycles. The summed E-state index contributed by atoms with van der Waals surface area (Å²) in [6.45, 7) is 1.65. The summed E-state index contributed by atoms with van der Waals surface area (Å²) in [5.41, 5.74) is 1.98. The summed E-state index contributed by atoms with van der Waals surface area (Å²) < 4.78 is 0. The van der Waals surface area contributed by atoms with Gasteiger partial charge in [0, 0.05) is 5.69 Å². The van der Waals surface area contributed by atoms with Gasteiger partial charge in [0.05, 0.1) is 0 Å². The number of amides is 1. The molecule has 1 aromatic rings. The van der Waals surface area contributed by atoms with Crippen LogP contribution in [-0.4, -0.2) is 17.6 Å². The van der Waals surface area contributed by atoms with Crippen molar-refractivity contribution in [1.29, 1.82) is 0 Å². The molecular formula is C11H15NO2. The minimum Gasteiger partial charge on any atom is -0.387 e. The topological polar surface area (TPSA) is 49.3 Å². The zero-order chi connectivity index (χ0) is 10.4. The van der Waals surface area contributed by atoms with Gasteiger partial charge in [-0.2, -0.15) is 0 Å². The quantitative estimate of drug-likeness (QED) is 0.762. The monoisotopic (exact) mass is 193 g/mol. The number of carbonyl (C=O) groups is 1. The second-order valence-electron chi connectivity index (χ2n) is 3.15. The van der Waals surface area contributed by atoms with E-state index in [2.05, 4.69) is 12.2 Å². The van der Waals surface area contributed by atoms with Crippen LogP contribution in [0.5, 0.6) is 0 Å². The summed E-state index contributed by atoms with van der Waals surface area (Å²) in [6, 6.07) is 7.66. The van der Waals surface area contributed by atoms with Crippen molar-refractivity contribution in [3.05, 3.63) is 29.8 Å². The van der Waals surface area contributed by atoms with E-state index in [1.165, 1.54) is 5.56 Å². The molecule has 0 unspecified atom stereocenters. The Bertz CT molecular complexity index is 293. The molecule has 0 radical (unpaired) electrons. The number of aliphatic hydroxyl groups is 1. The molecule has 3 nitrogen and oxygen atoms in total. The van der Waals surface area contributed by atoms with Gasteiger partial charge in [-0.25, -0.2) is 0 Å². The van der Waals surface area contributed by atoms with Crippen molar-refractivity contribution in [2.75, 3.05) is 11.9 Å². The number of nitrogens with one attached hydrogen (secondary N) is 1. The zero-order valence-electron chi connectivity index (χ0n) is 8.29. The normalized spacial score (nSPS) is 9.86. The number of aliphatic hydroxyl groups excluding tert-OH is 1. The second kappa shape index (κ2) is 5.40. The molecule has 1 rings (SSSR count). The molecule has 76 valence electrons. The Morgan fingerprint density at radius 1 is 1.36 bits per heavy atom. The van der Waals surface area contributed by atoms with Crippen molar-refractivity contribution in [3.8, 4) is 0 Å². The van der Waals surface area contributed by atoms with Crippen LogP contribution in [0.3, 0.4) is 0 Å². The van der Waals surface area contributed by atoms with E-state index in [0.717, 1.165) is 18.5 Å². The Hall–Kier alpha value is -1.35. The maximum atomic E-state index is 10.8. The first-order chi connectivity index (χ1) is 6.76. The van der Waals surface area contributed by atoms with E-state index < -0.39 is 6.61 Å². The van der Waals surface area contributed by atoms with Gasteiger partial charge in [0.25, 0.3) is 0 Å². The molecule has 0 saturated heterocycles. The lowest BCUT2D eigenvalue weighted by atomic mass is 10.1. The maximum absolute atomic E-state index is 10.8. The van der Waals surface area contributed by atoms with E-state index in [9.17, 15) is 4.79 Å². The Kier molecular flexibility index (Phi) is 4.13. The van der Waals surface area contributed by atoms with Crippen molar-refractivity contribution in [1.82, 2.24) is 0 Å². The predicted molar refractivity (Wildman–Crippen MR) is 56.2 cm³/mol. The van der Waals surface area contributed by atoms with Gasteiger partial charge < -0.3 is 10.4 Å². The Morgan fingerprint density at radius 3 is 2.50 bits per heavy atom. The summed E-state index contributed by atoms with van der Waals surface area (Å²) in [7, 11) is 0. The summed E-state index contributed by atoms with van der Waals surface area (Å²) in [5.74, 6) is -0.381. The van der Waals surface area contributed by atoms with Gasteiger partial charge in [0.1, 0.15) is 6.61 Å². The van der Waals surface area contributed by atoms with Crippen molar-refractivity contribution < 1.29 is 9.90 Å². The van der Waals surface area contributed by atoms with E-state index in [1.54, 1.807) is 0 Å². The highest BCUT2D eigenvalue weighted by atomic mass is 16.3. The molecule has 1 amide bonds. The molecule has 3 heteroatoms. The lowest BCUT2D eigenvalue weighted by Gasteiger charge is -2.04. The number of benzene rings is 1. The standard InChI is InChI=1S/C11H15NO2/c1-2-3-9-4-6-10(7-5-9)12-11(14)8-13/h4-7,13H,2-3,8H2,1H3,(H,12,14). The minimum atomic E-state index is -0.475. The van der Waals surface area contributed by atoms with Gasteiger partial charge in [0.2, 0.25) is 5.91 Å². The summed E-state index contributed by atoms with van der Waals surface area (Å²) in [6.07, 6.45) is 2.16. The van der Waals surface area contributed by atoms with Gasteiger partial charge >= 0.3 is 0 Å². The first-order valence-corrected chi connectivity index (χ1v) is 4.76. The predicted octanol–water partition coefficient (Wildman–Crippen LogP) is 1.57. The number of anilines is 1. The van der Waals surface area contributed by atoms with Gasteiger partial charge in [-0.15, -0.1) is 0 Å². The van der Waals surface area contributed by atoms with Gasteiger partial charge in [-0.3, -0.25) is 4.79 Å². The molecule has 1 aromatic carbocycles. The van der Waals surface area contributed by atoms with Crippen LogP contribution in [0.4, 0.5) is 5.69 Å². The molecule has 0 heterocycles. The molecule has 0 aliphatic rings. The van der Waals surface area contributed by atoms with Crippen molar-refractivity contribution in [2.45, 2.75) is 19.8 Å².